The van der Waals surface area contributed by atoms with Crippen molar-refractivity contribution in [2.75, 3.05) is 0 Å². The van der Waals surface area contributed by atoms with E-state index in [-0.39, 0.29) is 5.56 Å². The Morgan fingerprint density at radius 2 is 1.80 bits per heavy atom. The number of fused-ring (bicyclic) bond motifs is 1. The van der Waals surface area contributed by atoms with Gasteiger partial charge in [-0.05, 0) is 36.8 Å². The van der Waals surface area contributed by atoms with E-state index < -0.39 is 0 Å². The van der Waals surface area contributed by atoms with Gasteiger partial charge in [0, 0.05) is 6.54 Å². The zero-order valence-corrected chi connectivity index (χ0v) is 11.2. The second-order valence-corrected chi connectivity index (χ2v) is 4.69. The summed E-state index contributed by atoms with van der Waals surface area (Å²) in [4.78, 5) is 17.1. The van der Waals surface area contributed by atoms with Crippen LogP contribution in [0.5, 0.6) is 0 Å². The van der Waals surface area contributed by atoms with Gasteiger partial charge in [-0.25, -0.2) is 4.98 Å². The maximum absolute atomic E-state index is 12.6. The number of aromatic nitrogens is 2. The molecule has 0 fully saturated rings. The van der Waals surface area contributed by atoms with Gasteiger partial charge in [0.05, 0.1) is 16.6 Å². The third-order valence-electron chi connectivity index (χ3n) is 3.37. The summed E-state index contributed by atoms with van der Waals surface area (Å²) < 4.78 is 1.63. The molecule has 0 radical (unpaired) electrons. The van der Waals surface area contributed by atoms with E-state index in [0.717, 1.165) is 16.8 Å². The SMILES string of the molecule is Cc1nc2ccccc2c(=O)n1-c1ccc(CN)cc1. The van der Waals surface area contributed by atoms with E-state index in [2.05, 4.69) is 4.98 Å². The molecule has 0 amide bonds. The molecular formula is C16H15N3O. The lowest BCUT2D eigenvalue weighted by Gasteiger charge is -2.11. The molecule has 0 saturated carbocycles. The Morgan fingerprint density at radius 3 is 2.50 bits per heavy atom. The molecule has 0 aliphatic carbocycles. The lowest BCUT2D eigenvalue weighted by atomic mass is 10.2. The zero-order valence-electron chi connectivity index (χ0n) is 11.2. The highest BCUT2D eigenvalue weighted by atomic mass is 16.1. The molecule has 2 aromatic carbocycles. The van der Waals surface area contributed by atoms with Crippen molar-refractivity contribution in [1.82, 2.24) is 9.55 Å². The topological polar surface area (TPSA) is 60.9 Å². The van der Waals surface area contributed by atoms with Gasteiger partial charge in [0.2, 0.25) is 0 Å². The number of nitrogens with zero attached hydrogens (tertiary/aromatic N) is 2. The van der Waals surface area contributed by atoms with Crippen molar-refractivity contribution < 1.29 is 0 Å². The first kappa shape index (κ1) is 12.6. The van der Waals surface area contributed by atoms with E-state index >= 15 is 0 Å². The van der Waals surface area contributed by atoms with E-state index in [0.29, 0.717) is 17.8 Å². The maximum Gasteiger partial charge on any atom is 0.265 e. The summed E-state index contributed by atoms with van der Waals surface area (Å²) in [5.74, 6) is 0.675. The summed E-state index contributed by atoms with van der Waals surface area (Å²) in [5, 5.41) is 0.626. The molecule has 0 aliphatic heterocycles. The normalized spacial score (nSPS) is 10.9. The minimum atomic E-state index is -0.0476. The van der Waals surface area contributed by atoms with Gasteiger partial charge < -0.3 is 5.73 Å². The smallest absolute Gasteiger partial charge is 0.265 e. The van der Waals surface area contributed by atoms with Crippen LogP contribution in [0.25, 0.3) is 16.6 Å². The number of para-hydroxylation sites is 1. The molecular weight excluding hydrogens is 250 g/mol. The average molecular weight is 265 g/mol. The van der Waals surface area contributed by atoms with Crippen LogP contribution < -0.4 is 11.3 Å². The Bertz CT molecular complexity index is 819. The van der Waals surface area contributed by atoms with Gasteiger partial charge >= 0.3 is 0 Å². The monoisotopic (exact) mass is 265 g/mol. The zero-order chi connectivity index (χ0) is 14.1. The van der Waals surface area contributed by atoms with Crippen LogP contribution in [-0.2, 0) is 6.54 Å². The summed E-state index contributed by atoms with van der Waals surface area (Å²) in [6.07, 6.45) is 0. The largest absolute Gasteiger partial charge is 0.326 e. The molecule has 20 heavy (non-hydrogen) atoms. The Hall–Kier alpha value is -2.46. The molecule has 0 atom stereocenters. The van der Waals surface area contributed by atoms with Crippen molar-refractivity contribution in [2.45, 2.75) is 13.5 Å². The van der Waals surface area contributed by atoms with E-state index in [9.17, 15) is 4.79 Å². The Balaban J connectivity index is 2.27. The van der Waals surface area contributed by atoms with Crippen LogP contribution in [0.2, 0.25) is 0 Å². The van der Waals surface area contributed by atoms with Gasteiger partial charge in [-0.2, -0.15) is 0 Å². The highest BCUT2D eigenvalue weighted by Gasteiger charge is 2.09. The van der Waals surface area contributed by atoms with Gasteiger partial charge in [0.15, 0.2) is 0 Å². The minimum Gasteiger partial charge on any atom is -0.326 e. The van der Waals surface area contributed by atoms with Crippen molar-refractivity contribution >= 4 is 10.9 Å². The summed E-state index contributed by atoms with van der Waals surface area (Å²) >= 11 is 0. The molecule has 4 nitrogen and oxygen atoms in total. The highest BCUT2D eigenvalue weighted by Crippen LogP contribution is 2.13. The molecule has 100 valence electrons. The predicted octanol–water partition coefficient (Wildman–Crippen LogP) is 2.15. The molecule has 0 spiro atoms. The van der Waals surface area contributed by atoms with Crippen molar-refractivity contribution in [2.24, 2.45) is 5.73 Å². The number of aryl methyl sites for hydroxylation is 1. The van der Waals surface area contributed by atoms with Crippen LogP contribution >= 0.6 is 0 Å². The van der Waals surface area contributed by atoms with Crippen LogP contribution in [0.4, 0.5) is 0 Å². The summed E-state index contributed by atoms with van der Waals surface area (Å²) in [6, 6.07) is 15.0. The van der Waals surface area contributed by atoms with Gasteiger partial charge in [-0.15, -0.1) is 0 Å². The Labute approximate surface area is 116 Å². The van der Waals surface area contributed by atoms with Crippen molar-refractivity contribution in [3.63, 3.8) is 0 Å². The first-order chi connectivity index (χ1) is 9.70. The molecule has 0 saturated heterocycles. The fourth-order valence-corrected chi connectivity index (χ4v) is 2.33. The highest BCUT2D eigenvalue weighted by molar-refractivity contribution is 5.77. The number of nitrogens with two attached hydrogens (primary N) is 1. The van der Waals surface area contributed by atoms with Crippen LogP contribution in [0.3, 0.4) is 0 Å². The second kappa shape index (κ2) is 4.90. The minimum absolute atomic E-state index is 0.0476. The first-order valence-electron chi connectivity index (χ1n) is 6.48. The second-order valence-electron chi connectivity index (χ2n) is 4.69. The molecule has 0 bridgehead atoms. The fourth-order valence-electron chi connectivity index (χ4n) is 2.33. The van der Waals surface area contributed by atoms with Crippen molar-refractivity contribution in [3.8, 4) is 5.69 Å². The number of hydrogen-bond donors (Lipinski definition) is 1. The van der Waals surface area contributed by atoms with Gasteiger partial charge in [0.25, 0.3) is 5.56 Å². The third-order valence-corrected chi connectivity index (χ3v) is 3.37. The van der Waals surface area contributed by atoms with Crippen molar-refractivity contribution in [3.05, 3.63) is 70.3 Å². The molecule has 4 heteroatoms. The summed E-state index contributed by atoms with van der Waals surface area (Å²) in [5.41, 5.74) is 8.11. The van der Waals surface area contributed by atoms with E-state index in [1.54, 1.807) is 10.6 Å². The lowest BCUT2D eigenvalue weighted by molar-refractivity contribution is 0.893. The number of hydrogen-bond acceptors (Lipinski definition) is 3. The van der Waals surface area contributed by atoms with Crippen LogP contribution in [0.15, 0.2) is 53.3 Å². The first-order valence-corrected chi connectivity index (χ1v) is 6.48. The van der Waals surface area contributed by atoms with Crippen LogP contribution in [-0.4, -0.2) is 9.55 Å². The lowest BCUT2D eigenvalue weighted by Crippen LogP contribution is -2.22. The number of benzene rings is 2. The molecule has 0 aliphatic rings. The summed E-state index contributed by atoms with van der Waals surface area (Å²) in [7, 11) is 0. The van der Waals surface area contributed by atoms with Gasteiger partial charge in [0.1, 0.15) is 5.82 Å². The molecule has 1 heterocycles. The predicted molar refractivity (Wildman–Crippen MR) is 80.0 cm³/mol. The quantitative estimate of drug-likeness (QED) is 0.772. The van der Waals surface area contributed by atoms with Crippen LogP contribution in [0, 0.1) is 6.92 Å². The molecule has 0 unspecified atom stereocenters. The number of rotatable bonds is 2. The fraction of sp³-hybridized carbons (Fsp3) is 0.125. The third kappa shape index (κ3) is 2.00. The standard InChI is InChI=1S/C16H15N3O/c1-11-18-15-5-3-2-4-14(15)16(20)19(11)13-8-6-12(10-17)7-9-13/h2-9H,10,17H2,1H3. The van der Waals surface area contributed by atoms with Crippen LogP contribution in [0.1, 0.15) is 11.4 Å². The molecule has 2 N–H and O–H groups in total. The molecule has 3 aromatic rings. The molecule has 3 rings (SSSR count). The van der Waals surface area contributed by atoms with Crippen molar-refractivity contribution in [1.29, 1.82) is 0 Å². The molecule has 1 aromatic heterocycles. The Kier molecular flexibility index (Phi) is 3.08. The van der Waals surface area contributed by atoms with Gasteiger partial charge in [-0.3, -0.25) is 9.36 Å². The average Bonchev–Trinajstić information content (AvgIpc) is 2.48. The van der Waals surface area contributed by atoms with E-state index in [1.807, 2.05) is 49.4 Å². The van der Waals surface area contributed by atoms with E-state index in [1.165, 1.54) is 0 Å². The van der Waals surface area contributed by atoms with E-state index in [4.69, 9.17) is 5.73 Å². The van der Waals surface area contributed by atoms with Gasteiger partial charge in [-0.1, -0.05) is 24.3 Å². The summed E-state index contributed by atoms with van der Waals surface area (Å²) in [6.45, 7) is 2.33. The maximum atomic E-state index is 12.6. The Morgan fingerprint density at radius 1 is 1.10 bits per heavy atom.